The Hall–Kier alpha value is -1.43. The maximum absolute atomic E-state index is 13.2. The monoisotopic (exact) mass is 269 g/mol. The van der Waals surface area contributed by atoms with E-state index < -0.39 is 21.1 Å². The van der Waals surface area contributed by atoms with Gasteiger partial charge in [-0.2, -0.15) is 0 Å². The molecule has 0 radical (unpaired) electrons. The van der Waals surface area contributed by atoms with Gasteiger partial charge < -0.3 is 5.32 Å². The second kappa shape index (κ2) is 3.54. The van der Waals surface area contributed by atoms with E-state index in [0.717, 1.165) is 18.6 Å². The molecule has 2 aliphatic rings. The predicted octanol–water partition coefficient (Wildman–Crippen LogP) is 1.72. The summed E-state index contributed by atoms with van der Waals surface area (Å²) in [6.07, 6.45) is 2.01. The average Bonchev–Trinajstić information content (AvgIpc) is 2.33. The second-order valence-corrected chi connectivity index (χ2v) is 6.95. The first-order valence-corrected chi connectivity index (χ1v) is 7.42. The highest BCUT2D eigenvalue weighted by molar-refractivity contribution is 7.91. The maximum Gasteiger partial charge on any atom is 0.231 e. The van der Waals surface area contributed by atoms with Gasteiger partial charge in [-0.1, -0.05) is 6.42 Å². The molecule has 1 aliphatic heterocycles. The summed E-state index contributed by atoms with van der Waals surface area (Å²) in [7, 11) is -3.63. The molecule has 0 aromatic heterocycles. The fraction of sp³-hybridized carbons (Fsp3) is 0.417. The fourth-order valence-electron chi connectivity index (χ4n) is 2.59. The molecule has 3 rings (SSSR count). The number of amides is 1. The van der Waals surface area contributed by atoms with Gasteiger partial charge in [0.1, 0.15) is 5.82 Å². The van der Waals surface area contributed by atoms with Crippen LogP contribution in [0.2, 0.25) is 0 Å². The molecule has 0 atom stereocenters. The van der Waals surface area contributed by atoms with E-state index in [9.17, 15) is 17.6 Å². The molecule has 1 aromatic rings. The highest BCUT2D eigenvalue weighted by Crippen LogP contribution is 2.46. The van der Waals surface area contributed by atoms with Gasteiger partial charge in [-0.25, -0.2) is 12.8 Å². The number of anilines is 1. The molecular formula is C12H12FNO3S. The molecule has 1 heterocycles. The van der Waals surface area contributed by atoms with Crippen molar-refractivity contribution in [2.75, 3.05) is 11.1 Å². The number of carbonyl (C=O) groups is 1. The Kier molecular flexibility index (Phi) is 2.29. The van der Waals surface area contributed by atoms with E-state index in [1.807, 2.05) is 0 Å². The van der Waals surface area contributed by atoms with Crippen LogP contribution >= 0.6 is 0 Å². The summed E-state index contributed by atoms with van der Waals surface area (Å²) in [5.74, 6) is -1.10. The molecule has 1 amide bonds. The summed E-state index contributed by atoms with van der Waals surface area (Å²) in [4.78, 5) is 12.0. The van der Waals surface area contributed by atoms with Gasteiger partial charge in [-0.05, 0) is 31.0 Å². The normalized spacial score (nSPS) is 23.7. The van der Waals surface area contributed by atoms with Gasteiger partial charge in [-0.15, -0.1) is 0 Å². The first kappa shape index (κ1) is 11.6. The number of hydrogen-bond acceptors (Lipinski definition) is 3. The van der Waals surface area contributed by atoms with Gasteiger partial charge >= 0.3 is 0 Å². The van der Waals surface area contributed by atoms with Crippen molar-refractivity contribution in [2.24, 2.45) is 5.41 Å². The van der Waals surface area contributed by atoms with Crippen LogP contribution in [0, 0.1) is 11.2 Å². The lowest BCUT2D eigenvalue weighted by atomic mass is 9.69. The van der Waals surface area contributed by atoms with E-state index in [1.165, 1.54) is 6.07 Å². The van der Waals surface area contributed by atoms with E-state index in [-0.39, 0.29) is 22.2 Å². The summed E-state index contributed by atoms with van der Waals surface area (Å²) >= 11 is 0. The minimum Gasteiger partial charge on any atom is -0.324 e. The van der Waals surface area contributed by atoms with Gasteiger partial charge in [0.25, 0.3) is 0 Å². The van der Waals surface area contributed by atoms with E-state index >= 15 is 0 Å². The number of carbonyl (C=O) groups excluding carboxylic acids is 1. The van der Waals surface area contributed by atoms with Crippen LogP contribution < -0.4 is 5.32 Å². The van der Waals surface area contributed by atoms with Gasteiger partial charge in [-0.3, -0.25) is 4.79 Å². The number of fused-ring (bicyclic) bond motifs is 1. The van der Waals surface area contributed by atoms with Crippen LogP contribution in [0.15, 0.2) is 23.1 Å². The Morgan fingerprint density at radius 3 is 2.61 bits per heavy atom. The van der Waals surface area contributed by atoms with E-state index in [1.54, 1.807) is 0 Å². The van der Waals surface area contributed by atoms with E-state index in [2.05, 4.69) is 5.32 Å². The fourth-order valence-corrected chi connectivity index (χ4v) is 4.64. The zero-order chi connectivity index (χ0) is 13.0. The molecule has 1 saturated carbocycles. The number of benzene rings is 1. The molecule has 1 spiro atoms. The van der Waals surface area contributed by atoms with E-state index in [4.69, 9.17) is 0 Å². The third-order valence-corrected chi connectivity index (χ3v) is 5.73. The Bertz CT molecular complexity index is 635. The van der Waals surface area contributed by atoms with Crippen LogP contribution in [0.4, 0.5) is 10.1 Å². The molecule has 0 saturated heterocycles. The maximum atomic E-state index is 13.2. The van der Waals surface area contributed by atoms with Gasteiger partial charge in [0.05, 0.1) is 21.8 Å². The number of hydrogen-bond donors (Lipinski definition) is 1. The molecule has 1 aromatic carbocycles. The SMILES string of the molecule is O=C1Nc2ccc(F)cc2S(=O)(=O)CC12CCC2. The second-order valence-electron chi connectivity index (χ2n) is 4.99. The number of nitrogens with one attached hydrogen (secondary N) is 1. The summed E-state index contributed by atoms with van der Waals surface area (Å²) in [5, 5.41) is 2.61. The number of rotatable bonds is 0. The average molecular weight is 269 g/mol. The van der Waals surface area contributed by atoms with Crippen molar-refractivity contribution in [1.29, 1.82) is 0 Å². The lowest BCUT2D eigenvalue weighted by molar-refractivity contribution is -0.128. The quantitative estimate of drug-likeness (QED) is 0.780. The third kappa shape index (κ3) is 1.55. The Morgan fingerprint density at radius 1 is 1.28 bits per heavy atom. The van der Waals surface area contributed by atoms with Crippen molar-refractivity contribution in [1.82, 2.24) is 0 Å². The van der Waals surface area contributed by atoms with Crippen molar-refractivity contribution < 1.29 is 17.6 Å². The third-order valence-electron chi connectivity index (χ3n) is 3.79. The zero-order valence-electron chi connectivity index (χ0n) is 9.57. The molecular weight excluding hydrogens is 257 g/mol. The molecule has 6 heteroatoms. The van der Waals surface area contributed by atoms with Crippen molar-refractivity contribution in [3.63, 3.8) is 0 Å². The summed E-state index contributed by atoms with van der Waals surface area (Å²) < 4.78 is 37.7. The topological polar surface area (TPSA) is 63.2 Å². The summed E-state index contributed by atoms with van der Waals surface area (Å²) in [6, 6.07) is 3.42. The first-order valence-electron chi connectivity index (χ1n) is 5.77. The van der Waals surface area contributed by atoms with Crippen molar-refractivity contribution in [2.45, 2.75) is 24.2 Å². The van der Waals surface area contributed by atoms with Crippen molar-refractivity contribution in [3.8, 4) is 0 Å². The number of sulfone groups is 1. The van der Waals surface area contributed by atoms with Crippen LogP contribution in [0.1, 0.15) is 19.3 Å². The van der Waals surface area contributed by atoms with Crippen molar-refractivity contribution in [3.05, 3.63) is 24.0 Å². The zero-order valence-corrected chi connectivity index (χ0v) is 10.4. The van der Waals surface area contributed by atoms with Crippen molar-refractivity contribution >= 4 is 21.4 Å². The van der Waals surface area contributed by atoms with Crippen LogP contribution in [0.3, 0.4) is 0 Å². The Labute approximate surface area is 104 Å². The minimum absolute atomic E-state index is 0.111. The number of halogens is 1. The predicted molar refractivity (Wildman–Crippen MR) is 63.4 cm³/mol. The van der Waals surface area contributed by atoms with Crippen LogP contribution in [0.5, 0.6) is 0 Å². The molecule has 18 heavy (non-hydrogen) atoms. The van der Waals surface area contributed by atoms with E-state index in [0.29, 0.717) is 12.8 Å². The molecule has 4 nitrogen and oxygen atoms in total. The van der Waals surface area contributed by atoms with Crippen LogP contribution in [-0.4, -0.2) is 20.1 Å². The molecule has 0 unspecified atom stereocenters. The molecule has 0 bridgehead atoms. The molecule has 1 fully saturated rings. The Morgan fingerprint density at radius 2 is 2.00 bits per heavy atom. The largest absolute Gasteiger partial charge is 0.324 e. The highest BCUT2D eigenvalue weighted by atomic mass is 32.2. The lowest BCUT2D eigenvalue weighted by Gasteiger charge is -2.38. The van der Waals surface area contributed by atoms with Gasteiger partial charge in [0.2, 0.25) is 5.91 Å². The summed E-state index contributed by atoms with van der Waals surface area (Å²) in [5.41, 5.74) is -0.626. The molecule has 1 aliphatic carbocycles. The minimum atomic E-state index is -3.63. The smallest absolute Gasteiger partial charge is 0.231 e. The van der Waals surface area contributed by atoms with Gasteiger partial charge in [0.15, 0.2) is 9.84 Å². The molecule has 96 valence electrons. The van der Waals surface area contributed by atoms with Crippen LogP contribution in [0.25, 0.3) is 0 Å². The van der Waals surface area contributed by atoms with Crippen LogP contribution in [-0.2, 0) is 14.6 Å². The lowest BCUT2D eigenvalue weighted by Crippen LogP contribution is -2.45. The van der Waals surface area contributed by atoms with Gasteiger partial charge in [0, 0.05) is 0 Å². The highest BCUT2D eigenvalue weighted by Gasteiger charge is 2.50. The standard InChI is InChI=1S/C12H12FNO3S/c13-8-2-3-9-10(6-8)18(16,17)7-12(4-1-5-12)11(15)14-9/h2-3,6H,1,4-5,7H2,(H,14,15). The summed E-state index contributed by atoms with van der Waals surface area (Å²) in [6.45, 7) is 0. The first-order chi connectivity index (χ1) is 8.43. The molecule has 1 N–H and O–H groups in total. The Balaban J connectivity index is 2.17.